The molecule has 0 fully saturated rings. The predicted octanol–water partition coefficient (Wildman–Crippen LogP) is 3.82. The van der Waals surface area contributed by atoms with Crippen LogP contribution in [0.3, 0.4) is 0 Å². The van der Waals surface area contributed by atoms with Crippen LogP contribution in [0.2, 0.25) is 0 Å². The highest BCUT2D eigenvalue weighted by atomic mass is 16.5. The number of carbonyl (C=O) groups excluding carboxylic acids is 2. The minimum atomic E-state index is -0.735. The second kappa shape index (κ2) is 8.78. The number of aliphatic hydroxyl groups excluding tert-OH is 1. The number of benzene rings is 1. The first-order valence-corrected chi connectivity index (χ1v) is 9.63. The molecule has 1 aliphatic rings. The Hall–Kier alpha value is -2.34. The summed E-state index contributed by atoms with van der Waals surface area (Å²) in [7, 11) is 1.55. The lowest BCUT2D eigenvalue weighted by molar-refractivity contribution is -0.129. The van der Waals surface area contributed by atoms with Gasteiger partial charge in [-0.1, -0.05) is 39.0 Å². The summed E-state index contributed by atoms with van der Waals surface area (Å²) in [6.45, 7) is 10.1. The largest absolute Gasteiger partial charge is 0.503 e. The SMILES string of the molecule is COc1ccccc1C1C(C(=O)C(C)(C)C)=C(O)C(=O)N1CCCOC(C)C. The molecule has 28 heavy (non-hydrogen) atoms. The van der Waals surface area contributed by atoms with Crippen molar-refractivity contribution in [3.8, 4) is 5.75 Å². The Morgan fingerprint density at radius 1 is 1.25 bits per heavy atom. The van der Waals surface area contributed by atoms with Crippen LogP contribution in [-0.4, -0.2) is 48.1 Å². The quantitative estimate of drug-likeness (QED) is 0.684. The fraction of sp³-hybridized carbons (Fsp3) is 0.545. The summed E-state index contributed by atoms with van der Waals surface area (Å²) in [6, 6.07) is 6.58. The van der Waals surface area contributed by atoms with E-state index in [4.69, 9.17) is 9.47 Å². The molecule has 0 aliphatic carbocycles. The highest BCUT2D eigenvalue weighted by molar-refractivity contribution is 6.10. The van der Waals surface area contributed by atoms with Gasteiger partial charge in [0.15, 0.2) is 11.5 Å². The van der Waals surface area contributed by atoms with E-state index in [1.165, 1.54) is 4.90 Å². The topological polar surface area (TPSA) is 76.1 Å². The fourth-order valence-electron chi connectivity index (χ4n) is 3.29. The van der Waals surface area contributed by atoms with Crippen LogP contribution in [0.4, 0.5) is 0 Å². The van der Waals surface area contributed by atoms with Gasteiger partial charge in [-0.2, -0.15) is 0 Å². The number of aliphatic hydroxyl groups is 1. The van der Waals surface area contributed by atoms with E-state index in [1.807, 2.05) is 32.0 Å². The van der Waals surface area contributed by atoms with Crippen LogP contribution in [0.15, 0.2) is 35.6 Å². The van der Waals surface area contributed by atoms with Crippen molar-refractivity contribution >= 4 is 11.7 Å². The minimum Gasteiger partial charge on any atom is -0.503 e. The van der Waals surface area contributed by atoms with E-state index < -0.39 is 23.1 Å². The van der Waals surface area contributed by atoms with Crippen molar-refractivity contribution in [3.05, 3.63) is 41.2 Å². The van der Waals surface area contributed by atoms with Gasteiger partial charge in [0.25, 0.3) is 5.91 Å². The van der Waals surface area contributed by atoms with Crippen molar-refractivity contribution in [3.63, 3.8) is 0 Å². The molecular weight excluding hydrogens is 358 g/mol. The van der Waals surface area contributed by atoms with E-state index in [2.05, 4.69) is 0 Å². The van der Waals surface area contributed by atoms with E-state index in [-0.39, 0.29) is 17.5 Å². The maximum atomic E-state index is 13.1. The number of amides is 1. The summed E-state index contributed by atoms with van der Waals surface area (Å²) >= 11 is 0. The summed E-state index contributed by atoms with van der Waals surface area (Å²) in [5.74, 6) is -0.693. The van der Waals surface area contributed by atoms with Crippen molar-refractivity contribution in [2.45, 2.75) is 53.2 Å². The second-order valence-electron chi connectivity index (χ2n) is 8.26. The van der Waals surface area contributed by atoms with Gasteiger partial charge in [0, 0.05) is 24.1 Å². The molecule has 1 aromatic rings. The Kier molecular flexibility index (Phi) is 6.88. The highest BCUT2D eigenvalue weighted by Crippen LogP contribution is 2.43. The average molecular weight is 389 g/mol. The molecule has 0 aromatic heterocycles. The molecule has 1 aliphatic heterocycles. The Morgan fingerprint density at radius 3 is 2.46 bits per heavy atom. The summed E-state index contributed by atoms with van der Waals surface area (Å²) in [5, 5.41) is 10.6. The van der Waals surface area contributed by atoms with Crippen LogP contribution < -0.4 is 4.74 Å². The summed E-state index contributed by atoms with van der Waals surface area (Å²) < 4.78 is 11.0. The van der Waals surface area contributed by atoms with Crippen LogP contribution in [0.25, 0.3) is 0 Å². The van der Waals surface area contributed by atoms with Gasteiger partial charge < -0.3 is 19.5 Å². The van der Waals surface area contributed by atoms with Gasteiger partial charge in [-0.15, -0.1) is 0 Å². The van der Waals surface area contributed by atoms with E-state index in [0.717, 1.165) is 0 Å². The molecule has 6 heteroatoms. The van der Waals surface area contributed by atoms with Gasteiger partial charge in [-0.25, -0.2) is 0 Å². The molecule has 1 unspecified atom stereocenters. The number of Topliss-reactive ketones (excluding diaryl/α,β-unsaturated/α-hetero) is 1. The molecule has 0 bridgehead atoms. The number of carbonyl (C=O) groups is 2. The normalized spacial score (nSPS) is 17.6. The number of para-hydroxylation sites is 1. The summed E-state index contributed by atoms with van der Waals surface area (Å²) in [5.41, 5.74) is 0.0761. The monoisotopic (exact) mass is 389 g/mol. The van der Waals surface area contributed by atoms with Crippen molar-refractivity contribution in [2.24, 2.45) is 5.41 Å². The lowest BCUT2D eigenvalue weighted by Crippen LogP contribution is -2.34. The first-order chi connectivity index (χ1) is 13.1. The molecule has 0 radical (unpaired) electrons. The third kappa shape index (κ3) is 4.55. The Bertz CT molecular complexity index is 760. The maximum Gasteiger partial charge on any atom is 0.290 e. The van der Waals surface area contributed by atoms with Crippen LogP contribution in [0, 0.1) is 5.41 Å². The fourth-order valence-corrected chi connectivity index (χ4v) is 3.29. The molecule has 1 heterocycles. The smallest absolute Gasteiger partial charge is 0.290 e. The highest BCUT2D eigenvalue weighted by Gasteiger charge is 2.46. The standard InChI is InChI=1S/C22H31NO5/c1-14(2)28-13-9-12-23-18(15-10-7-8-11-16(15)27-6)17(19(24)21(23)26)20(25)22(3,4)5/h7-8,10-11,14,18,24H,9,12-13H2,1-6H3. The van der Waals surface area contributed by atoms with Crippen molar-refractivity contribution in [1.29, 1.82) is 0 Å². The molecular formula is C22H31NO5. The van der Waals surface area contributed by atoms with Gasteiger partial charge in [0.1, 0.15) is 5.75 Å². The molecule has 0 saturated heterocycles. The maximum absolute atomic E-state index is 13.1. The van der Waals surface area contributed by atoms with Gasteiger partial charge in [0.05, 0.1) is 24.8 Å². The van der Waals surface area contributed by atoms with Gasteiger partial charge in [-0.05, 0) is 26.3 Å². The molecule has 1 atom stereocenters. The Balaban J connectivity index is 2.45. The molecule has 2 rings (SSSR count). The number of hydrogen-bond acceptors (Lipinski definition) is 5. The molecule has 1 aromatic carbocycles. The second-order valence-corrected chi connectivity index (χ2v) is 8.26. The zero-order chi connectivity index (χ0) is 21.1. The van der Waals surface area contributed by atoms with Crippen LogP contribution in [0.5, 0.6) is 5.75 Å². The Labute approximate surface area is 167 Å². The first-order valence-electron chi connectivity index (χ1n) is 9.63. The molecule has 6 nitrogen and oxygen atoms in total. The number of hydrogen-bond donors (Lipinski definition) is 1. The number of ketones is 1. The Morgan fingerprint density at radius 2 is 1.89 bits per heavy atom. The van der Waals surface area contributed by atoms with Gasteiger partial charge in [-0.3, -0.25) is 9.59 Å². The van der Waals surface area contributed by atoms with Crippen LogP contribution in [0.1, 0.15) is 52.6 Å². The van der Waals surface area contributed by atoms with Crippen molar-refractivity contribution in [1.82, 2.24) is 4.90 Å². The lowest BCUT2D eigenvalue weighted by atomic mass is 9.82. The molecule has 1 N–H and O–H groups in total. The minimum absolute atomic E-state index is 0.101. The number of methoxy groups -OCH3 is 1. The zero-order valence-electron chi connectivity index (χ0n) is 17.6. The number of ether oxygens (including phenoxy) is 2. The molecule has 0 saturated carbocycles. The van der Waals surface area contributed by atoms with E-state index in [9.17, 15) is 14.7 Å². The molecule has 0 spiro atoms. The van der Waals surface area contributed by atoms with Gasteiger partial charge >= 0.3 is 0 Å². The van der Waals surface area contributed by atoms with Gasteiger partial charge in [0.2, 0.25) is 0 Å². The predicted molar refractivity (Wildman–Crippen MR) is 107 cm³/mol. The van der Waals surface area contributed by atoms with Crippen LogP contribution in [-0.2, 0) is 14.3 Å². The van der Waals surface area contributed by atoms with E-state index in [1.54, 1.807) is 33.9 Å². The summed E-state index contributed by atoms with van der Waals surface area (Å²) in [4.78, 5) is 27.5. The summed E-state index contributed by atoms with van der Waals surface area (Å²) in [6.07, 6.45) is 0.698. The van der Waals surface area contributed by atoms with Crippen molar-refractivity contribution in [2.75, 3.05) is 20.3 Å². The third-order valence-corrected chi connectivity index (χ3v) is 4.66. The molecule has 1 amide bonds. The zero-order valence-corrected chi connectivity index (χ0v) is 17.6. The van der Waals surface area contributed by atoms with Crippen molar-refractivity contribution < 1.29 is 24.2 Å². The molecule has 154 valence electrons. The van der Waals surface area contributed by atoms with E-state index in [0.29, 0.717) is 30.9 Å². The number of rotatable bonds is 8. The van der Waals surface area contributed by atoms with E-state index >= 15 is 0 Å². The third-order valence-electron chi connectivity index (χ3n) is 4.66. The first kappa shape index (κ1) is 22.0. The van der Waals surface area contributed by atoms with Crippen LogP contribution >= 0.6 is 0 Å². The lowest BCUT2D eigenvalue weighted by Gasteiger charge is -2.29. The average Bonchev–Trinajstić information content (AvgIpc) is 2.88. The number of nitrogens with zero attached hydrogens (tertiary/aromatic N) is 1.